The van der Waals surface area contributed by atoms with Crippen molar-refractivity contribution in [1.29, 1.82) is 0 Å². The molecule has 0 aliphatic carbocycles. The molecule has 2 aromatic carbocycles. The standard InChI is InChI=1S/C19H17N3O4S/c23-17(22-25)11-10-14-6-4-5-9-16(14)21-18(24)19(12-27-13-20-19)26-15-7-2-1-3-8-15/h1-11,13,25H,12H2,(H,21,24)(H,22,23). The summed E-state index contributed by atoms with van der Waals surface area (Å²) in [6, 6.07) is 16.0. The molecule has 0 aromatic heterocycles. The highest BCUT2D eigenvalue weighted by Gasteiger charge is 2.43. The van der Waals surface area contributed by atoms with Gasteiger partial charge in [-0.15, -0.1) is 11.8 Å². The molecule has 2 aromatic rings. The van der Waals surface area contributed by atoms with Crippen LogP contribution in [0.1, 0.15) is 5.56 Å². The topological polar surface area (TPSA) is 100 Å². The molecular weight excluding hydrogens is 366 g/mol. The van der Waals surface area contributed by atoms with E-state index in [0.29, 0.717) is 22.8 Å². The van der Waals surface area contributed by atoms with Crippen molar-refractivity contribution in [2.45, 2.75) is 5.72 Å². The average molecular weight is 383 g/mol. The maximum Gasteiger partial charge on any atom is 0.293 e. The fourth-order valence-corrected chi connectivity index (χ4v) is 3.21. The van der Waals surface area contributed by atoms with E-state index in [1.807, 2.05) is 18.2 Å². The van der Waals surface area contributed by atoms with Crippen LogP contribution in [0.15, 0.2) is 65.7 Å². The summed E-state index contributed by atoms with van der Waals surface area (Å²) in [5, 5.41) is 11.4. The Balaban J connectivity index is 1.82. The second-order valence-corrected chi connectivity index (χ2v) is 6.43. The number of hydrogen-bond donors (Lipinski definition) is 3. The third-order valence-electron chi connectivity index (χ3n) is 3.73. The van der Waals surface area contributed by atoms with Crippen LogP contribution >= 0.6 is 11.8 Å². The van der Waals surface area contributed by atoms with E-state index in [-0.39, 0.29) is 0 Å². The minimum absolute atomic E-state index is 0.346. The van der Waals surface area contributed by atoms with E-state index in [1.165, 1.54) is 23.3 Å². The Morgan fingerprint density at radius 2 is 1.89 bits per heavy atom. The minimum atomic E-state index is -1.37. The van der Waals surface area contributed by atoms with Crippen molar-refractivity contribution >= 4 is 40.9 Å². The van der Waals surface area contributed by atoms with Crippen LogP contribution in [0.25, 0.3) is 6.08 Å². The Kier molecular flexibility index (Phi) is 5.90. The molecule has 2 amide bonds. The molecule has 8 heteroatoms. The SMILES string of the molecule is O=C(C=Cc1ccccc1NC(=O)C1(Oc2ccccc2)CSC=N1)NO. The van der Waals surface area contributed by atoms with Crippen LogP contribution in [0.4, 0.5) is 5.69 Å². The number of hydrogen-bond acceptors (Lipinski definition) is 6. The molecule has 1 aliphatic heterocycles. The maximum atomic E-state index is 13.0. The molecule has 0 saturated heterocycles. The fourth-order valence-electron chi connectivity index (χ4n) is 2.40. The van der Waals surface area contributed by atoms with Gasteiger partial charge in [-0.1, -0.05) is 36.4 Å². The number of aliphatic imine (C=N–C) groups is 1. The van der Waals surface area contributed by atoms with Crippen LogP contribution in [-0.2, 0) is 9.59 Å². The van der Waals surface area contributed by atoms with Gasteiger partial charge in [0.15, 0.2) is 0 Å². The summed E-state index contributed by atoms with van der Waals surface area (Å²) in [7, 11) is 0. The summed E-state index contributed by atoms with van der Waals surface area (Å²) in [5.74, 6) is -0.199. The molecule has 1 heterocycles. The van der Waals surface area contributed by atoms with Crippen molar-refractivity contribution in [3.8, 4) is 5.75 Å². The molecule has 1 aliphatic rings. The summed E-state index contributed by atoms with van der Waals surface area (Å²) in [6.45, 7) is 0. The Bertz CT molecular complexity index is 886. The summed E-state index contributed by atoms with van der Waals surface area (Å²) in [5.41, 5.74) is 2.84. The lowest BCUT2D eigenvalue weighted by molar-refractivity contribution is -0.128. The number of para-hydroxylation sites is 2. The largest absolute Gasteiger partial charge is 0.456 e. The third kappa shape index (κ3) is 4.55. The van der Waals surface area contributed by atoms with Crippen LogP contribution < -0.4 is 15.5 Å². The summed E-state index contributed by atoms with van der Waals surface area (Å²) >= 11 is 1.39. The first kappa shape index (κ1) is 18.7. The van der Waals surface area contributed by atoms with Crippen molar-refractivity contribution in [2.24, 2.45) is 4.99 Å². The second-order valence-electron chi connectivity index (χ2n) is 5.60. The summed E-state index contributed by atoms with van der Waals surface area (Å²) < 4.78 is 5.91. The van der Waals surface area contributed by atoms with Gasteiger partial charge in [0, 0.05) is 11.8 Å². The van der Waals surface area contributed by atoms with Gasteiger partial charge in [-0.2, -0.15) is 0 Å². The van der Waals surface area contributed by atoms with Crippen molar-refractivity contribution in [1.82, 2.24) is 5.48 Å². The molecule has 3 rings (SSSR count). The molecular formula is C19H17N3O4S. The van der Waals surface area contributed by atoms with E-state index in [9.17, 15) is 9.59 Å². The number of ether oxygens (including phenoxy) is 1. The lowest BCUT2D eigenvalue weighted by atomic mass is 10.1. The second kappa shape index (κ2) is 8.52. The van der Waals surface area contributed by atoms with E-state index in [1.54, 1.807) is 41.9 Å². The Morgan fingerprint density at radius 3 is 2.59 bits per heavy atom. The number of hydroxylamine groups is 1. The first-order valence-corrected chi connectivity index (χ1v) is 9.10. The number of carbonyl (C=O) groups excluding carboxylic acids is 2. The molecule has 1 atom stereocenters. The zero-order chi connectivity index (χ0) is 19.1. The lowest BCUT2D eigenvalue weighted by Gasteiger charge is -2.26. The Labute approximate surface area is 160 Å². The van der Waals surface area contributed by atoms with Gasteiger partial charge < -0.3 is 10.1 Å². The van der Waals surface area contributed by atoms with Crippen molar-refractivity contribution in [3.05, 3.63) is 66.2 Å². The van der Waals surface area contributed by atoms with E-state index in [4.69, 9.17) is 9.94 Å². The first-order valence-electron chi connectivity index (χ1n) is 8.05. The summed E-state index contributed by atoms with van der Waals surface area (Å²) in [4.78, 5) is 28.5. The molecule has 0 spiro atoms. The van der Waals surface area contributed by atoms with Gasteiger partial charge in [-0.05, 0) is 29.8 Å². The molecule has 0 bridgehead atoms. The fraction of sp³-hybridized carbons (Fsp3) is 0.105. The molecule has 1 unspecified atom stereocenters. The highest BCUT2D eigenvalue weighted by molar-refractivity contribution is 8.12. The van der Waals surface area contributed by atoms with Crippen molar-refractivity contribution in [2.75, 3.05) is 11.1 Å². The number of amides is 2. The van der Waals surface area contributed by atoms with E-state index >= 15 is 0 Å². The smallest absolute Gasteiger partial charge is 0.293 e. The van der Waals surface area contributed by atoms with Gasteiger partial charge in [0.25, 0.3) is 17.5 Å². The number of thioether (sulfide) groups is 1. The third-order valence-corrected chi connectivity index (χ3v) is 4.55. The molecule has 138 valence electrons. The van der Waals surface area contributed by atoms with Crippen LogP contribution in [-0.4, -0.2) is 34.0 Å². The van der Waals surface area contributed by atoms with Gasteiger partial charge in [-0.3, -0.25) is 14.8 Å². The Morgan fingerprint density at radius 1 is 1.15 bits per heavy atom. The van der Waals surface area contributed by atoms with Gasteiger partial charge in [0.1, 0.15) is 5.75 Å². The van der Waals surface area contributed by atoms with E-state index in [0.717, 1.165) is 6.08 Å². The normalized spacial score (nSPS) is 18.4. The van der Waals surface area contributed by atoms with E-state index in [2.05, 4.69) is 10.3 Å². The predicted octanol–water partition coefficient (Wildman–Crippen LogP) is 2.69. The maximum absolute atomic E-state index is 13.0. The molecule has 0 radical (unpaired) electrons. The van der Waals surface area contributed by atoms with Crippen LogP contribution in [0, 0.1) is 0 Å². The predicted molar refractivity (Wildman–Crippen MR) is 105 cm³/mol. The number of nitrogens with one attached hydrogen (secondary N) is 2. The number of anilines is 1. The van der Waals surface area contributed by atoms with E-state index < -0.39 is 17.5 Å². The van der Waals surface area contributed by atoms with Gasteiger partial charge in [0.2, 0.25) is 0 Å². The quantitative estimate of drug-likeness (QED) is 0.405. The number of nitrogens with zero attached hydrogens (tertiary/aromatic N) is 1. The Hall–Kier alpha value is -3.10. The number of rotatable bonds is 6. The zero-order valence-electron chi connectivity index (χ0n) is 14.2. The van der Waals surface area contributed by atoms with Crippen LogP contribution in [0.2, 0.25) is 0 Å². The average Bonchev–Trinajstić information content (AvgIpc) is 3.17. The number of benzene rings is 2. The molecule has 27 heavy (non-hydrogen) atoms. The first-order chi connectivity index (χ1) is 13.1. The minimum Gasteiger partial charge on any atom is -0.456 e. The zero-order valence-corrected chi connectivity index (χ0v) is 15.0. The molecule has 0 saturated carbocycles. The monoisotopic (exact) mass is 383 g/mol. The van der Waals surface area contributed by atoms with Gasteiger partial charge in [-0.25, -0.2) is 10.5 Å². The van der Waals surface area contributed by atoms with Crippen molar-refractivity contribution < 1.29 is 19.5 Å². The van der Waals surface area contributed by atoms with Crippen LogP contribution in [0.3, 0.4) is 0 Å². The van der Waals surface area contributed by atoms with Gasteiger partial charge in [0.05, 0.1) is 11.3 Å². The lowest BCUT2D eigenvalue weighted by Crippen LogP contribution is -2.47. The van der Waals surface area contributed by atoms with Crippen molar-refractivity contribution in [3.63, 3.8) is 0 Å². The molecule has 0 fully saturated rings. The highest BCUT2D eigenvalue weighted by atomic mass is 32.2. The molecule has 7 nitrogen and oxygen atoms in total. The summed E-state index contributed by atoms with van der Waals surface area (Å²) in [6.07, 6.45) is 2.64. The number of carbonyl (C=O) groups is 2. The highest BCUT2D eigenvalue weighted by Crippen LogP contribution is 2.30. The van der Waals surface area contributed by atoms with Crippen LogP contribution in [0.5, 0.6) is 5.75 Å². The molecule has 3 N–H and O–H groups in total. The van der Waals surface area contributed by atoms with Gasteiger partial charge >= 0.3 is 0 Å².